The first kappa shape index (κ1) is 19.1. The molecule has 0 aromatic heterocycles. The molecule has 0 radical (unpaired) electrons. The third-order valence-corrected chi connectivity index (χ3v) is 6.63. The molecule has 3 aromatic rings. The number of benzene rings is 3. The second kappa shape index (κ2) is 8.08. The minimum atomic E-state index is -0.184. The van der Waals surface area contributed by atoms with Crippen molar-refractivity contribution in [3.63, 3.8) is 0 Å². The summed E-state index contributed by atoms with van der Waals surface area (Å²) in [4.78, 5) is 14.5. The molecule has 30 heavy (non-hydrogen) atoms. The van der Waals surface area contributed by atoms with Gasteiger partial charge in [0.25, 0.3) is 0 Å². The van der Waals surface area contributed by atoms with Gasteiger partial charge in [-0.15, -0.1) is 0 Å². The van der Waals surface area contributed by atoms with Gasteiger partial charge in [0, 0.05) is 37.9 Å². The molecule has 0 N–H and O–H groups in total. The van der Waals surface area contributed by atoms with Crippen molar-refractivity contribution in [1.29, 1.82) is 0 Å². The van der Waals surface area contributed by atoms with Gasteiger partial charge in [0.1, 0.15) is 6.10 Å². The molecule has 0 bridgehead atoms. The van der Waals surface area contributed by atoms with Gasteiger partial charge in [-0.2, -0.15) is 0 Å². The average Bonchev–Trinajstić information content (AvgIpc) is 3.12. The Morgan fingerprint density at radius 1 is 0.900 bits per heavy atom. The third kappa shape index (κ3) is 3.44. The molecule has 0 unspecified atom stereocenters. The summed E-state index contributed by atoms with van der Waals surface area (Å²) in [6.07, 6.45) is 0.790. The number of fused-ring (bicyclic) bond motifs is 3. The molecule has 4 atom stereocenters. The van der Waals surface area contributed by atoms with Crippen molar-refractivity contribution in [3.8, 4) is 0 Å². The van der Waals surface area contributed by atoms with Crippen molar-refractivity contribution in [3.05, 3.63) is 107 Å². The molecule has 1 fully saturated rings. The van der Waals surface area contributed by atoms with Gasteiger partial charge in [0.05, 0.1) is 0 Å². The summed E-state index contributed by atoms with van der Waals surface area (Å²) >= 11 is 0. The summed E-state index contributed by atoms with van der Waals surface area (Å²) in [5.74, 6) is 0.276. The van der Waals surface area contributed by atoms with Crippen molar-refractivity contribution in [1.82, 2.24) is 4.90 Å². The summed E-state index contributed by atoms with van der Waals surface area (Å²) in [5, 5.41) is 0. The molecule has 3 aromatic carbocycles. The highest BCUT2D eigenvalue weighted by molar-refractivity contribution is 5.66. The number of ether oxygens (including phenoxy) is 1. The molecule has 0 spiro atoms. The van der Waals surface area contributed by atoms with Crippen molar-refractivity contribution < 1.29 is 9.53 Å². The maximum atomic E-state index is 11.9. The zero-order valence-electron chi connectivity index (χ0n) is 17.3. The number of hydrogen-bond donors (Lipinski definition) is 0. The normalized spacial score (nSPS) is 25.4. The lowest BCUT2D eigenvalue weighted by Crippen LogP contribution is -2.50. The van der Waals surface area contributed by atoms with Gasteiger partial charge < -0.3 is 4.74 Å². The zero-order valence-corrected chi connectivity index (χ0v) is 17.3. The lowest BCUT2D eigenvalue weighted by molar-refractivity contribution is -0.151. The van der Waals surface area contributed by atoms with Gasteiger partial charge in [-0.25, -0.2) is 0 Å². The lowest BCUT2D eigenvalue weighted by Gasteiger charge is -2.44. The van der Waals surface area contributed by atoms with Crippen LogP contribution in [0.5, 0.6) is 0 Å². The fourth-order valence-corrected chi connectivity index (χ4v) is 5.54. The summed E-state index contributed by atoms with van der Waals surface area (Å²) in [6.45, 7) is 3.36. The van der Waals surface area contributed by atoms with Crippen LogP contribution in [0.25, 0.3) is 0 Å². The van der Waals surface area contributed by atoms with Crippen LogP contribution in [0.1, 0.15) is 47.4 Å². The van der Waals surface area contributed by atoms with Gasteiger partial charge in [-0.05, 0) is 28.7 Å². The SMILES string of the molecule is CC(=O)O[C@@H]1CCN(Cc2ccccc2)[C@@H]2[C@H](c3ccccc3)c3ccccc3[C@@H]21. The molecule has 3 nitrogen and oxygen atoms in total. The molecule has 0 amide bonds. The first-order valence-electron chi connectivity index (χ1n) is 10.8. The highest BCUT2D eigenvalue weighted by Gasteiger charge is 2.50. The van der Waals surface area contributed by atoms with E-state index < -0.39 is 0 Å². The van der Waals surface area contributed by atoms with E-state index in [1.807, 2.05) is 0 Å². The molecule has 152 valence electrons. The fraction of sp³-hybridized carbons (Fsp3) is 0.296. The number of rotatable bonds is 4. The Kier molecular flexibility index (Phi) is 5.14. The highest BCUT2D eigenvalue weighted by Crippen LogP contribution is 2.52. The van der Waals surface area contributed by atoms with Gasteiger partial charge in [0.2, 0.25) is 0 Å². The Bertz CT molecular complexity index is 1020. The zero-order chi connectivity index (χ0) is 20.5. The molecule has 1 aliphatic heterocycles. The Hall–Kier alpha value is -2.91. The number of piperidine rings is 1. The van der Waals surface area contributed by atoms with E-state index >= 15 is 0 Å². The van der Waals surface area contributed by atoms with Crippen LogP contribution in [0, 0.1) is 0 Å². The maximum absolute atomic E-state index is 11.9. The smallest absolute Gasteiger partial charge is 0.302 e. The Morgan fingerprint density at radius 2 is 1.53 bits per heavy atom. The summed E-state index contributed by atoms with van der Waals surface area (Å²) in [5.41, 5.74) is 5.36. The molecule has 1 aliphatic carbocycles. The minimum absolute atomic E-state index is 0.0746. The van der Waals surface area contributed by atoms with Gasteiger partial charge in [0.15, 0.2) is 0 Å². The van der Waals surface area contributed by atoms with Gasteiger partial charge in [-0.3, -0.25) is 9.69 Å². The minimum Gasteiger partial charge on any atom is -0.462 e. The molecule has 1 saturated heterocycles. The van der Waals surface area contributed by atoms with Crippen LogP contribution in [0.15, 0.2) is 84.9 Å². The van der Waals surface area contributed by atoms with Crippen LogP contribution in [0.3, 0.4) is 0 Å². The first-order valence-corrected chi connectivity index (χ1v) is 10.8. The van der Waals surface area contributed by atoms with E-state index in [2.05, 4.69) is 89.8 Å². The van der Waals surface area contributed by atoms with Crippen molar-refractivity contribution in [2.24, 2.45) is 0 Å². The van der Waals surface area contributed by atoms with E-state index in [0.29, 0.717) is 0 Å². The summed E-state index contributed by atoms with van der Waals surface area (Å²) < 4.78 is 5.88. The summed E-state index contributed by atoms with van der Waals surface area (Å²) in [7, 11) is 0. The van der Waals surface area contributed by atoms with Gasteiger partial charge in [-0.1, -0.05) is 84.9 Å². The van der Waals surface area contributed by atoms with E-state index in [0.717, 1.165) is 19.5 Å². The Balaban J connectivity index is 1.60. The van der Waals surface area contributed by atoms with Crippen LogP contribution in [0.2, 0.25) is 0 Å². The van der Waals surface area contributed by atoms with Crippen molar-refractivity contribution >= 4 is 5.97 Å². The Morgan fingerprint density at radius 3 is 2.23 bits per heavy atom. The molecular formula is C27H27NO2. The van der Waals surface area contributed by atoms with Gasteiger partial charge >= 0.3 is 5.97 Å². The number of esters is 1. The van der Waals surface area contributed by atoms with Crippen LogP contribution in [-0.2, 0) is 16.1 Å². The number of carbonyl (C=O) groups is 1. The van der Waals surface area contributed by atoms with E-state index in [4.69, 9.17) is 4.74 Å². The predicted octanol–water partition coefficient (Wildman–Crippen LogP) is 5.12. The number of nitrogens with zero attached hydrogens (tertiary/aromatic N) is 1. The maximum Gasteiger partial charge on any atom is 0.302 e. The van der Waals surface area contributed by atoms with E-state index in [-0.39, 0.29) is 30.0 Å². The van der Waals surface area contributed by atoms with Crippen LogP contribution < -0.4 is 0 Å². The standard InChI is InChI=1S/C27H27NO2/c1-19(29)30-24-16-17-28(18-20-10-4-2-5-11-20)27-25(21-12-6-3-7-13-21)22-14-8-9-15-23(22)26(24)27/h2-15,24-27H,16-18H2,1H3/t24-,25-,26-,27-/m1/s1. The molecule has 1 heterocycles. The van der Waals surface area contributed by atoms with E-state index in [1.165, 1.54) is 29.2 Å². The fourth-order valence-electron chi connectivity index (χ4n) is 5.54. The van der Waals surface area contributed by atoms with Crippen molar-refractivity contribution in [2.45, 2.75) is 43.9 Å². The first-order chi connectivity index (χ1) is 14.7. The monoisotopic (exact) mass is 397 g/mol. The topological polar surface area (TPSA) is 29.5 Å². The van der Waals surface area contributed by atoms with E-state index in [9.17, 15) is 4.79 Å². The second-order valence-corrected chi connectivity index (χ2v) is 8.43. The molecule has 2 aliphatic rings. The number of hydrogen-bond acceptors (Lipinski definition) is 3. The highest BCUT2D eigenvalue weighted by atomic mass is 16.5. The Labute approximate surface area is 178 Å². The third-order valence-electron chi connectivity index (χ3n) is 6.63. The largest absolute Gasteiger partial charge is 0.462 e. The summed E-state index contributed by atoms with van der Waals surface area (Å²) in [6, 6.07) is 30.5. The lowest BCUT2D eigenvalue weighted by atomic mass is 9.81. The van der Waals surface area contributed by atoms with Crippen LogP contribution in [-0.4, -0.2) is 29.6 Å². The van der Waals surface area contributed by atoms with Crippen LogP contribution >= 0.6 is 0 Å². The number of likely N-dealkylation sites (tertiary alicyclic amines) is 1. The molecule has 0 saturated carbocycles. The van der Waals surface area contributed by atoms with E-state index in [1.54, 1.807) is 0 Å². The quantitative estimate of drug-likeness (QED) is 0.572. The second-order valence-electron chi connectivity index (χ2n) is 8.43. The van der Waals surface area contributed by atoms with Crippen LogP contribution in [0.4, 0.5) is 0 Å². The molecular weight excluding hydrogens is 370 g/mol. The van der Waals surface area contributed by atoms with Crippen molar-refractivity contribution in [2.75, 3.05) is 6.54 Å². The molecule has 3 heteroatoms. The average molecular weight is 398 g/mol. The molecule has 5 rings (SSSR count). The number of carbonyl (C=O) groups excluding carboxylic acids is 1. The predicted molar refractivity (Wildman–Crippen MR) is 118 cm³/mol.